The van der Waals surface area contributed by atoms with Crippen molar-refractivity contribution in [2.24, 2.45) is 7.05 Å². The van der Waals surface area contributed by atoms with Gasteiger partial charge in [0.2, 0.25) is 0 Å². The maximum Gasteiger partial charge on any atom is 0.272 e. The van der Waals surface area contributed by atoms with E-state index < -0.39 is 27.4 Å². The maximum absolute atomic E-state index is 13.9. The number of anilines is 1. The van der Waals surface area contributed by atoms with Gasteiger partial charge in [-0.3, -0.25) is 4.79 Å². The first-order valence-corrected chi connectivity index (χ1v) is 8.12. The number of amides is 1. The minimum absolute atomic E-state index is 0.0177. The molecule has 8 heteroatoms. The molecule has 1 aromatic carbocycles. The van der Waals surface area contributed by atoms with Crippen LogP contribution in [0.5, 0.6) is 0 Å². The first-order chi connectivity index (χ1) is 10.1. The Kier molecular flexibility index (Phi) is 4.06. The van der Waals surface area contributed by atoms with Crippen molar-refractivity contribution in [1.29, 1.82) is 0 Å². The van der Waals surface area contributed by atoms with Gasteiger partial charge in [0, 0.05) is 25.1 Å². The number of rotatable bonds is 3. The fraction of sp³-hybridized carbons (Fsp3) is 0.214. The van der Waals surface area contributed by atoms with Crippen molar-refractivity contribution >= 4 is 21.4 Å². The molecular formula is C14H14F2N2O3S. The molecule has 0 aliphatic heterocycles. The van der Waals surface area contributed by atoms with Crippen LogP contribution >= 0.6 is 0 Å². The van der Waals surface area contributed by atoms with Crippen LogP contribution in [0.3, 0.4) is 0 Å². The lowest BCUT2D eigenvalue weighted by atomic mass is 10.2. The summed E-state index contributed by atoms with van der Waals surface area (Å²) in [6.07, 6.45) is 2.31. The van der Waals surface area contributed by atoms with Crippen molar-refractivity contribution in [3.63, 3.8) is 0 Å². The Hall–Kier alpha value is -2.22. The number of hydrogen-bond donors (Lipinski definition) is 1. The highest BCUT2D eigenvalue weighted by Gasteiger charge is 2.19. The largest absolute Gasteiger partial charge is 0.345 e. The van der Waals surface area contributed by atoms with Crippen LogP contribution in [0, 0.1) is 18.6 Å². The third-order valence-corrected chi connectivity index (χ3v) is 4.29. The van der Waals surface area contributed by atoms with Crippen LogP contribution in [0.15, 0.2) is 29.3 Å². The van der Waals surface area contributed by atoms with Crippen molar-refractivity contribution in [1.82, 2.24) is 4.57 Å². The molecule has 2 aromatic rings. The molecule has 22 heavy (non-hydrogen) atoms. The minimum atomic E-state index is -3.46. The lowest BCUT2D eigenvalue weighted by Crippen LogP contribution is -2.16. The molecule has 0 saturated carbocycles. The Morgan fingerprint density at radius 1 is 1.27 bits per heavy atom. The van der Waals surface area contributed by atoms with Crippen LogP contribution in [0.25, 0.3) is 0 Å². The van der Waals surface area contributed by atoms with E-state index in [0.717, 1.165) is 18.4 Å². The van der Waals surface area contributed by atoms with E-state index in [-0.39, 0.29) is 21.8 Å². The fourth-order valence-corrected chi connectivity index (χ4v) is 2.58. The fourth-order valence-electron chi connectivity index (χ4n) is 1.91. The molecule has 1 aromatic heterocycles. The van der Waals surface area contributed by atoms with Gasteiger partial charge in [-0.15, -0.1) is 0 Å². The van der Waals surface area contributed by atoms with Gasteiger partial charge in [0.1, 0.15) is 11.5 Å². The lowest BCUT2D eigenvalue weighted by Gasteiger charge is -2.09. The van der Waals surface area contributed by atoms with Crippen LogP contribution < -0.4 is 5.32 Å². The summed E-state index contributed by atoms with van der Waals surface area (Å²) in [7, 11) is -1.96. The number of carbonyl (C=O) groups is 1. The third-order valence-electron chi connectivity index (χ3n) is 3.21. The molecule has 2 rings (SSSR count). The molecule has 0 bridgehead atoms. The Morgan fingerprint density at radius 3 is 2.45 bits per heavy atom. The Bertz CT molecular complexity index is 857. The Labute approximate surface area is 126 Å². The van der Waals surface area contributed by atoms with E-state index in [4.69, 9.17) is 0 Å². The molecule has 0 aliphatic rings. The summed E-state index contributed by atoms with van der Waals surface area (Å²) in [4.78, 5) is 12.1. The van der Waals surface area contributed by atoms with E-state index in [1.807, 2.05) is 0 Å². The second-order valence-electron chi connectivity index (χ2n) is 4.93. The molecule has 118 valence electrons. The van der Waals surface area contributed by atoms with Crippen molar-refractivity contribution in [2.75, 3.05) is 11.6 Å². The van der Waals surface area contributed by atoms with E-state index in [9.17, 15) is 22.0 Å². The zero-order valence-corrected chi connectivity index (χ0v) is 13.0. The first-order valence-electron chi connectivity index (χ1n) is 6.23. The molecule has 1 heterocycles. The standard InChI is InChI=1S/C14H14F2N2O3S/c1-8-10(15)4-5-11(13(8)16)17-14(19)12-6-9(7-18(12)2)22(3,20)21/h4-7H,1-3H3,(H,17,19). The predicted molar refractivity (Wildman–Crippen MR) is 77.6 cm³/mol. The SMILES string of the molecule is Cc1c(F)ccc(NC(=O)c2cc(S(C)(=O)=O)cn2C)c1F. The van der Waals surface area contributed by atoms with Crippen LogP contribution in [0.4, 0.5) is 14.5 Å². The molecule has 0 aliphatic carbocycles. The number of aromatic nitrogens is 1. The minimum Gasteiger partial charge on any atom is -0.345 e. The van der Waals surface area contributed by atoms with Gasteiger partial charge in [0.05, 0.1) is 10.6 Å². The zero-order chi connectivity index (χ0) is 16.7. The molecule has 1 N–H and O–H groups in total. The number of sulfone groups is 1. The molecule has 1 amide bonds. The number of halogens is 2. The molecule has 0 fully saturated rings. The van der Waals surface area contributed by atoms with E-state index in [1.54, 1.807) is 0 Å². The first kappa shape index (κ1) is 16.2. The van der Waals surface area contributed by atoms with Gasteiger partial charge in [-0.1, -0.05) is 0 Å². The van der Waals surface area contributed by atoms with Gasteiger partial charge in [-0.2, -0.15) is 0 Å². The Morgan fingerprint density at radius 2 is 1.91 bits per heavy atom. The van der Waals surface area contributed by atoms with E-state index in [1.165, 1.54) is 30.8 Å². The molecule has 0 saturated heterocycles. The second kappa shape index (κ2) is 5.53. The highest BCUT2D eigenvalue weighted by molar-refractivity contribution is 7.90. The lowest BCUT2D eigenvalue weighted by molar-refractivity contribution is 0.101. The molecule has 0 radical (unpaired) electrons. The van der Waals surface area contributed by atoms with Crippen molar-refractivity contribution in [3.8, 4) is 0 Å². The second-order valence-corrected chi connectivity index (χ2v) is 6.95. The van der Waals surface area contributed by atoms with E-state index >= 15 is 0 Å². The molecule has 5 nitrogen and oxygen atoms in total. The van der Waals surface area contributed by atoms with Crippen molar-refractivity contribution < 1.29 is 22.0 Å². The summed E-state index contributed by atoms with van der Waals surface area (Å²) in [5.41, 5.74) is -0.339. The van der Waals surface area contributed by atoms with Crippen molar-refractivity contribution in [2.45, 2.75) is 11.8 Å². The average molecular weight is 328 g/mol. The van der Waals surface area contributed by atoms with Crippen LogP contribution in [-0.2, 0) is 16.9 Å². The number of carbonyl (C=O) groups excluding carboxylic acids is 1. The van der Waals surface area contributed by atoms with Gasteiger partial charge >= 0.3 is 0 Å². The van der Waals surface area contributed by atoms with Gasteiger partial charge < -0.3 is 9.88 Å². The normalized spacial score (nSPS) is 11.5. The quantitative estimate of drug-likeness (QED) is 0.940. The smallest absolute Gasteiger partial charge is 0.272 e. The summed E-state index contributed by atoms with van der Waals surface area (Å²) in [5, 5.41) is 2.30. The number of nitrogens with one attached hydrogen (secondary N) is 1. The number of nitrogens with zero attached hydrogens (tertiary/aromatic N) is 1. The predicted octanol–water partition coefficient (Wildman–Crippen LogP) is 2.27. The molecular weight excluding hydrogens is 314 g/mol. The van der Waals surface area contributed by atoms with Gasteiger partial charge in [0.15, 0.2) is 15.7 Å². The van der Waals surface area contributed by atoms with E-state index in [2.05, 4.69) is 5.32 Å². The van der Waals surface area contributed by atoms with Gasteiger partial charge in [-0.05, 0) is 25.1 Å². The highest BCUT2D eigenvalue weighted by Crippen LogP contribution is 2.21. The van der Waals surface area contributed by atoms with Crippen molar-refractivity contribution in [3.05, 3.63) is 47.3 Å². The molecule has 0 spiro atoms. The zero-order valence-electron chi connectivity index (χ0n) is 12.1. The summed E-state index contributed by atoms with van der Waals surface area (Å²) in [6.45, 7) is 1.25. The number of benzene rings is 1. The monoisotopic (exact) mass is 328 g/mol. The molecule has 0 unspecified atom stereocenters. The average Bonchev–Trinajstić information content (AvgIpc) is 2.81. The van der Waals surface area contributed by atoms with Gasteiger partial charge in [0.25, 0.3) is 5.91 Å². The van der Waals surface area contributed by atoms with Gasteiger partial charge in [-0.25, -0.2) is 17.2 Å². The Balaban J connectivity index is 2.35. The highest BCUT2D eigenvalue weighted by atomic mass is 32.2. The maximum atomic E-state index is 13.9. The number of aryl methyl sites for hydroxylation is 1. The summed E-state index contributed by atoms with van der Waals surface area (Å²) < 4.78 is 51.3. The summed E-state index contributed by atoms with van der Waals surface area (Å²) >= 11 is 0. The third kappa shape index (κ3) is 3.01. The van der Waals surface area contributed by atoms with Crippen LogP contribution in [0.2, 0.25) is 0 Å². The van der Waals surface area contributed by atoms with Crippen LogP contribution in [-0.4, -0.2) is 25.1 Å². The summed E-state index contributed by atoms with van der Waals surface area (Å²) in [5.74, 6) is -2.28. The van der Waals surface area contributed by atoms with Crippen LogP contribution in [0.1, 0.15) is 16.1 Å². The molecule has 0 atom stereocenters. The van der Waals surface area contributed by atoms with E-state index in [0.29, 0.717) is 0 Å². The topological polar surface area (TPSA) is 68.2 Å². The number of hydrogen-bond acceptors (Lipinski definition) is 3. The summed E-state index contributed by atoms with van der Waals surface area (Å²) in [6, 6.07) is 3.34.